The molecule has 2 atom stereocenters. The van der Waals surface area contributed by atoms with Crippen LogP contribution in [0.25, 0.3) is 0 Å². The maximum Gasteiger partial charge on any atom is 0.350 e. The number of aromatic nitrogens is 2. The van der Waals surface area contributed by atoms with Crippen molar-refractivity contribution in [1.82, 2.24) is 9.55 Å². The van der Waals surface area contributed by atoms with Gasteiger partial charge in [0.1, 0.15) is 12.2 Å². The fourth-order valence-corrected chi connectivity index (χ4v) is 2.14. The largest absolute Gasteiger partial charge is 0.383 e. The van der Waals surface area contributed by atoms with Crippen molar-refractivity contribution in [3.05, 3.63) is 34.9 Å². The maximum absolute atomic E-state index is 11.6. The molecule has 8 heteroatoms. The van der Waals surface area contributed by atoms with Crippen LogP contribution in [-0.4, -0.2) is 31.8 Å². The summed E-state index contributed by atoms with van der Waals surface area (Å²) in [6, 6.07) is 1.42. The second-order valence-corrected chi connectivity index (χ2v) is 4.94. The lowest BCUT2D eigenvalue weighted by Gasteiger charge is -2.15. The van der Waals surface area contributed by atoms with Crippen LogP contribution in [0.1, 0.15) is 12.5 Å². The molecule has 0 aromatic carbocycles. The standard InChI is InChI=1S/C10H14N3O4P/c11-9-3-4-13(10(14)12-9)7-1-2-8(5-7)17-6-18(15)16/h1-4,7-8,15-16H,5-6H2,(H2,11,12,14). The summed E-state index contributed by atoms with van der Waals surface area (Å²) in [5, 5.41) is 0. The van der Waals surface area contributed by atoms with Crippen molar-refractivity contribution in [2.75, 3.05) is 12.1 Å². The first-order valence-electron chi connectivity index (χ1n) is 5.36. The minimum Gasteiger partial charge on any atom is -0.383 e. The molecule has 1 aliphatic rings. The van der Waals surface area contributed by atoms with Crippen molar-refractivity contribution >= 4 is 14.2 Å². The van der Waals surface area contributed by atoms with E-state index in [1.165, 1.54) is 4.57 Å². The van der Waals surface area contributed by atoms with Gasteiger partial charge >= 0.3 is 5.69 Å². The molecule has 2 rings (SSSR count). The summed E-state index contributed by atoms with van der Waals surface area (Å²) in [5.41, 5.74) is 5.01. The molecule has 1 aromatic heterocycles. The predicted molar refractivity (Wildman–Crippen MR) is 66.8 cm³/mol. The van der Waals surface area contributed by atoms with Crippen LogP contribution < -0.4 is 11.4 Å². The van der Waals surface area contributed by atoms with Gasteiger partial charge in [-0.15, -0.1) is 0 Å². The molecule has 98 valence electrons. The van der Waals surface area contributed by atoms with Gasteiger partial charge in [-0.05, 0) is 6.07 Å². The van der Waals surface area contributed by atoms with Crippen LogP contribution in [0.4, 0.5) is 5.82 Å². The maximum atomic E-state index is 11.6. The van der Waals surface area contributed by atoms with Gasteiger partial charge in [-0.25, -0.2) is 4.79 Å². The Labute approximate surface area is 104 Å². The summed E-state index contributed by atoms with van der Waals surface area (Å²) in [4.78, 5) is 32.8. The lowest BCUT2D eigenvalue weighted by Crippen LogP contribution is -2.26. The van der Waals surface area contributed by atoms with E-state index in [1.54, 1.807) is 18.3 Å². The lowest BCUT2D eigenvalue weighted by atomic mass is 10.2. The molecular formula is C10H14N3O4P. The minimum atomic E-state index is -2.05. The first kappa shape index (κ1) is 13.2. The summed E-state index contributed by atoms with van der Waals surface area (Å²) in [6.45, 7) is 0. The van der Waals surface area contributed by atoms with Crippen LogP contribution in [0.2, 0.25) is 0 Å². The third-order valence-electron chi connectivity index (χ3n) is 2.63. The summed E-state index contributed by atoms with van der Waals surface area (Å²) < 4.78 is 6.73. The van der Waals surface area contributed by atoms with E-state index in [9.17, 15) is 4.79 Å². The molecule has 0 spiro atoms. The molecule has 18 heavy (non-hydrogen) atoms. The van der Waals surface area contributed by atoms with Gasteiger partial charge in [-0.2, -0.15) is 4.98 Å². The molecular weight excluding hydrogens is 257 g/mol. The molecule has 1 heterocycles. The quantitative estimate of drug-likeness (QED) is 0.523. The van der Waals surface area contributed by atoms with Gasteiger partial charge in [0, 0.05) is 12.6 Å². The summed E-state index contributed by atoms with van der Waals surface area (Å²) in [6.07, 6.45) is 5.48. The number of ether oxygens (including phenoxy) is 1. The van der Waals surface area contributed by atoms with E-state index in [0.717, 1.165) is 0 Å². The number of hydrogen-bond donors (Lipinski definition) is 3. The van der Waals surface area contributed by atoms with Crippen LogP contribution >= 0.6 is 8.38 Å². The Morgan fingerprint density at radius 2 is 2.33 bits per heavy atom. The molecule has 0 bridgehead atoms. The fourth-order valence-electron chi connectivity index (χ4n) is 1.82. The van der Waals surface area contributed by atoms with E-state index < -0.39 is 14.1 Å². The van der Waals surface area contributed by atoms with E-state index in [1.807, 2.05) is 6.08 Å². The molecule has 7 nitrogen and oxygen atoms in total. The van der Waals surface area contributed by atoms with Crippen molar-refractivity contribution in [1.29, 1.82) is 0 Å². The van der Waals surface area contributed by atoms with Crippen LogP contribution in [-0.2, 0) is 4.74 Å². The predicted octanol–water partition coefficient (Wildman–Crippen LogP) is -0.0343. The van der Waals surface area contributed by atoms with Gasteiger partial charge in [0.25, 0.3) is 0 Å². The molecule has 4 N–H and O–H groups in total. The third kappa shape index (κ3) is 3.14. The molecule has 0 aliphatic heterocycles. The first-order chi connectivity index (χ1) is 8.56. The molecule has 1 aromatic rings. The van der Waals surface area contributed by atoms with Crippen LogP contribution in [0.3, 0.4) is 0 Å². The SMILES string of the molecule is Nc1ccn(C2C=CC(OCP(O)O)C2)c(=O)n1. The van der Waals surface area contributed by atoms with E-state index in [0.29, 0.717) is 6.42 Å². The van der Waals surface area contributed by atoms with Crippen LogP contribution in [0, 0.1) is 0 Å². The average molecular weight is 271 g/mol. The van der Waals surface area contributed by atoms with Gasteiger partial charge < -0.3 is 20.3 Å². The zero-order valence-electron chi connectivity index (χ0n) is 9.51. The summed E-state index contributed by atoms with van der Waals surface area (Å²) in [5.74, 6) is 0.192. The van der Waals surface area contributed by atoms with Gasteiger partial charge in [-0.1, -0.05) is 12.2 Å². The van der Waals surface area contributed by atoms with Crippen molar-refractivity contribution in [3.8, 4) is 0 Å². The van der Waals surface area contributed by atoms with E-state index >= 15 is 0 Å². The Bertz CT molecular complexity index is 502. The van der Waals surface area contributed by atoms with Crippen LogP contribution in [0.5, 0.6) is 0 Å². The van der Waals surface area contributed by atoms with Gasteiger partial charge in [0.2, 0.25) is 0 Å². The number of nitrogens with zero attached hydrogens (tertiary/aromatic N) is 2. The van der Waals surface area contributed by atoms with Crippen molar-refractivity contribution in [2.24, 2.45) is 0 Å². The molecule has 0 radical (unpaired) electrons. The number of nitrogens with two attached hydrogens (primary N) is 1. The Morgan fingerprint density at radius 1 is 1.56 bits per heavy atom. The molecule has 0 saturated carbocycles. The van der Waals surface area contributed by atoms with Crippen molar-refractivity contribution in [2.45, 2.75) is 18.6 Å². The Morgan fingerprint density at radius 3 is 3.00 bits per heavy atom. The van der Waals surface area contributed by atoms with Gasteiger partial charge in [-0.3, -0.25) is 4.57 Å². The monoisotopic (exact) mass is 271 g/mol. The summed E-state index contributed by atoms with van der Waals surface area (Å²) in [7, 11) is -2.05. The Balaban J connectivity index is 2.01. The number of anilines is 1. The summed E-state index contributed by atoms with van der Waals surface area (Å²) >= 11 is 0. The highest BCUT2D eigenvalue weighted by atomic mass is 31.2. The highest BCUT2D eigenvalue weighted by molar-refractivity contribution is 7.44. The fraction of sp³-hybridized carbons (Fsp3) is 0.400. The Kier molecular flexibility index (Phi) is 4.08. The second-order valence-electron chi connectivity index (χ2n) is 3.94. The second kappa shape index (κ2) is 5.58. The third-order valence-corrected chi connectivity index (χ3v) is 3.01. The zero-order chi connectivity index (χ0) is 13.1. The molecule has 1 aliphatic carbocycles. The normalized spacial score (nSPS) is 22.8. The topological polar surface area (TPSA) is 111 Å². The number of rotatable bonds is 4. The Hall–Kier alpha value is -1.27. The van der Waals surface area contributed by atoms with Crippen molar-refractivity contribution < 1.29 is 14.5 Å². The smallest absolute Gasteiger partial charge is 0.350 e. The van der Waals surface area contributed by atoms with Crippen LogP contribution in [0.15, 0.2) is 29.2 Å². The highest BCUT2D eigenvalue weighted by Crippen LogP contribution is 2.28. The van der Waals surface area contributed by atoms with E-state index in [-0.39, 0.29) is 24.3 Å². The minimum absolute atomic E-state index is 0.0913. The molecule has 0 amide bonds. The number of allylic oxidation sites excluding steroid dienone is 1. The highest BCUT2D eigenvalue weighted by Gasteiger charge is 2.22. The van der Waals surface area contributed by atoms with E-state index in [2.05, 4.69) is 4.98 Å². The van der Waals surface area contributed by atoms with Crippen molar-refractivity contribution in [3.63, 3.8) is 0 Å². The molecule has 0 fully saturated rings. The average Bonchev–Trinajstić information content (AvgIpc) is 2.75. The van der Waals surface area contributed by atoms with Gasteiger partial charge in [0.05, 0.1) is 12.1 Å². The number of hydrogen-bond acceptors (Lipinski definition) is 6. The lowest BCUT2D eigenvalue weighted by molar-refractivity contribution is 0.109. The zero-order valence-corrected chi connectivity index (χ0v) is 10.4. The van der Waals surface area contributed by atoms with Gasteiger partial charge in [0.15, 0.2) is 8.38 Å². The molecule has 0 saturated heterocycles. The number of nitrogen functional groups attached to an aromatic ring is 1. The first-order valence-corrected chi connectivity index (χ1v) is 6.79. The molecule has 2 unspecified atom stereocenters. The van der Waals surface area contributed by atoms with E-state index in [4.69, 9.17) is 20.3 Å².